The molecule has 0 spiro atoms. The van der Waals surface area contributed by atoms with Crippen LogP contribution in [-0.2, 0) is 20.8 Å². The number of hydrogen-bond donors (Lipinski definition) is 3. The molecular weight excluding hydrogens is 444 g/mol. The van der Waals surface area contributed by atoms with Crippen molar-refractivity contribution in [3.63, 3.8) is 0 Å². The molecule has 0 aromatic heterocycles. The van der Waals surface area contributed by atoms with E-state index in [-0.39, 0.29) is 12.5 Å². The zero-order valence-corrected chi connectivity index (χ0v) is 19.9. The summed E-state index contributed by atoms with van der Waals surface area (Å²) < 4.78 is 5.53. The Labute approximate surface area is 204 Å². The molecule has 0 heterocycles. The minimum absolute atomic E-state index is 0.132. The first-order chi connectivity index (χ1) is 16.8. The number of rotatable bonds is 8. The molecule has 8 heteroatoms. The maximum Gasteiger partial charge on any atom is 0.329 e. The van der Waals surface area contributed by atoms with Gasteiger partial charge in [0.05, 0.1) is 6.21 Å². The van der Waals surface area contributed by atoms with Gasteiger partial charge in [0, 0.05) is 11.4 Å². The second kappa shape index (κ2) is 12.1. The average molecular weight is 473 g/mol. The number of hydrogen-bond acceptors (Lipinski definition) is 5. The van der Waals surface area contributed by atoms with Gasteiger partial charge in [-0.3, -0.25) is 14.4 Å². The van der Waals surface area contributed by atoms with Gasteiger partial charge in [-0.2, -0.15) is 5.10 Å². The molecule has 3 aromatic carbocycles. The van der Waals surface area contributed by atoms with Crippen LogP contribution in [0.15, 0.2) is 71.8 Å². The molecule has 0 aliphatic rings. The lowest BCUT2D eigenvalue weighted by Gasteiger charge is -2.09. The number of carbonyl (C=O) groups is 3. The number of nitrogens with one attached hydrogen (secondary N) is 3. The first kappa shape index (κ1) is 25.2. The third kappa shape index (κ3) is 7.82. The normalized spacial score (nSPS) is 10.6. The number of anilines is 2. The summed E-state index contributed by atoms with van der Waals surface area (Å²) in [4.78, 5) is 36.3. The quantitative estimate of drug-likeness (QED) is 0.262. The molecule has 0 bridgehead atoms. The summed E-state index contributed by atoms with van der Waals surface area (Å²) in [6.07, 6.45) is 2.13. The predicted molar refractivity (Wildman–Crippen MR) is 137 cm³/mol. The van der Waals surface area contributed by atoms with Crippen molar-refractivity contribution in [2.24, 2.45) is 5.10 Å². The summed E-state index contributed by atoms with van der Waals surface area (Å²) in [6, 6.07) is 19.9. The fourth-order valence-electron chi connectivity index (χ4n) is 3.39. The van der Waals surface area contributed by atoms with E-state index in [1.165, 1.54) is 6.21 Å². The zero-order chi connectivity index (χ0) is 25.2. The Hall–Kier alpha value is -4.46. The molecule has 3 amide bonds. The number of aryl methyl sites for hydroxylation is 3. The molecule has 0 radical (unpaired) electrons. The van der Waals surface area contributed by atoms with Crippen molar-refractivity contribution >= 4 is 35.3 Å². The van der Waals surface area contributed by atoms with E-state index in [4.69, 9.17) is 4.74 Å². The van der Waals surface area contributed by atoms with E-state index in [0.29, 0.717) is 17.0 Å². The lowest BCUT2D eigenvalue weighted by Crippen LogP contribution is -2.32. The maximum atomic E-state index is 12.2. The number of benzene rings is 3. The molecule has 3 N–H and O–H groups in total. The van der Waals surface area contributed by atoms with E-state index in [1.807, 2.05) is 51.1 Å². The molecule has 0 atom stereocenters. The monoisotopic (exact) mass is 472 g/mol. The molecule has 3 aromatic rings. The fraction of sp³-hybridized carbons (Fsp3) is 0.185. The Bertz CT molecular complexity index is 1220. The Kier molecular flexibility index (Phi) is 8.72. The Morgan fingerprint density at radius 3 is 2.26 bits per heavy atom. The Balaban J connectivity index is 1.45. The SMILES string of the molecule is CCc1ccccc1NC(=O)C(=O)N/N=C\c1ccc(OCC(=O)Nc2cc(C)cc(C)c2)cc1. The van der Waals surface area contributed by atoms with Gasteiger partial charge in [0.15, 0.2) is 6.61 Å². The molecule has 0 saturated carbocycles. The standard InChI is InChI=1S/C27H28N4O4/c1-4-21-7-5-6-8-24(21)30-26(33)27(34)31-28-16-20-9-11-23(12-10-20)35-17-25(32)29-22-14-18(2)13-19(3)15-22/h5-16H,4,17H2,1-3H3,(H,29,32)(H,30,33)(H,31,34)/b28-16-. The van der Waals surface area contributed by atoms with Crippen LogP contribution in [0.3, 0.4) is 0 Å². The van der Waals surface area contributed by atoms with Gasteiger partial charge < -0.3 is 15.4 Å². The van der Waals surface area contributed by atoms with E-state index < -0.39 is 11.8 Å². The second-order valence-electron chi connectivity index (χ2n) is 7.95. The molecule has 0 aliphatic carbocycles. The van der Waals surface area contributed by atoms with E-state index in [2.05, 4.69) is 21.2 Å². The van der Waals surface area contributed by atoms with Crippen molar-refractivity contribution in [1.82, 2.24) is 5.43 Å². The summed E-state index contributed by atoms with van der Waals surface area (Å²) in [6.45, 7) is 5.77. The number of amides is 3. The van der Waals surface area contributed by atoms with Crippen LogP contribution < -0.4 is 20.8 Å². The van der Waals surface area contributed by atoms with Crippen molar-refractivity contribution in [1.29, 1.82) is 0 Å². The van der Waals surface area contributed by atoms with Crippen molar-refractivity contribution < 1.29 is 19.1 Å². The molecule has 3 rings (SSSR count). The number of ether oxygens (including phenoxy) is 1. The van der Waals surface area contributed by atoms with Crippen molar-refractivity contribution in [2.75, 3.05) is 17.2 Å². The van der Waals surface area contributed by atoms with Crippen LogP contribution in [0.25, 0.3) is 0 Å². The molecule has 35 heavy (non-hydrogen) atoms. The highest BCUT2D eigenvalue weighted by atomic mass is 16.5. The Morgan fingerprint density at radius 2 is 1.57 bits per heavy atom. The molecule has 0 saturated heterocycles. The number of hydrazone groups is 1. The topological polar surface area (TPSA) is 109 Å². The van der Waals surface area contributed by atoms with Gasteiger partial charge in [0.1, 0.15) is 5.75 Å². The van der Waals surface area contributed by atoms with Crippen molar-refractivity contribution in [2.45, 2.75) is 27.2 Å². The van der Waals surface area contributed by atoms with Gasteiger partial charge in [-0.05, 0) is 85.0 Å². The molecule has 0 fully saturated rings. The highest BCUT2D eigenvalue weighted by Crippen LogP contribution is 2.16. The van der Waals surface area contributed by atoms with Gasteiger partial charge >= 0.3 is 11.8 Å². The van der Waals surface area contributed by atoms with Crippen molar-refractivity contribution in [3.05, 3.63) is 89.0 Å². The molecule has 0 aliphatic heterocycles. The van der Waals surface area contributed by atoms with Crippen LogP contribution in [0.5, 0.6) is 5.75 Å². The van der Waals surface area contributed by atoms with E-state index in [1.54, 1.807) is 36.4 Å². The number of nitrogens with zero attached hydrogens (tertiary/aromatic N) is 1. The van der Waals surface area contributed by atoms with E-state index in [9.17, 15) is 14.4 Å². The van der Waals surface area contributed by atoms with E-state index >= 15 is 0 Å². The van der Waals surface area contributed by atoms with Crippen molar-refractivity contribution in [3.8, 4) is 5.75 Å². The predicted octanol–water partition coefficient (Wildman–Crippen LogP) is 3.97. The Morgan fingerprint density at radius 1 is 0.886 bits per heavy atom. The van der Waals surface area contributed by atoms with Gasteiger partial charge in [-0.15, -0.1) is 0 Å². The highest BCUT2D eigenvalue weighted by Gasteiger charge is 2.14. The summed E-state index contributed by atoms with van der Waals surface area (Å²) in [5.74, 6) is -1.42. The third-order valence-electron chi connectivity index (χ3n) is 4.99. The molecule has 180 valence electrons. The van der Waals surface area contributed by atoms with Gasteiger partial charge in [0.25, 0.3) is 5.91 Å². The van der Waals surface area contributed by atoms with Gasteiger partial charge in [-0.25, -0.2) is 5.43 Å². The fourth-order valence-corrected chi connectivity index (χ4v) is 3.39. The van der Waals surface area contributed by atoms with Gasteiger partial charge in [0.2, 0.25) is 0 Å². The van der Waals surface area contributed by atoms with Gasteiger partial charge in [-0.1, -0.05) is 31.2 Å². The molecular formula is C27H28N4O4. The summed E-state index contributed by atoms with van der Waals surface area (Å²) in [5.41, 5.74) is 7.27. The van der Waals surface area contributed by atoms with Crippen LogP contribution in [0.4, 0.5) is 11.4 Å². The summed E-state index contributed by atoms with van der Waals surface area (Å²) in [5, 5.41) is 9.22. The lowest BCUT2D eigenvalue weighted by molar-refractivity contribution is -0.136. The number of carbonyl (C=O) groups excluding carboxylic acids is 3. The minimum Gasteiger partial charge on any atom is -0.484 e. The van der Waals surface area contributed by atoms with Crippen LogP contribution >= 0.6 is 0 Å². The third-order valence-corrected chi connectivity index (χ3v) is 4.99. The largest absolute Gasteiger partial charge is 0.484 e. The zero-order valence-electron chi connectivity index (χ0n) is 19.9. The maximum absolute atomic E-state index is 12.2. The molecule has 0 unspecified atom stereocenters. The van der Waals surface area contributed by atoms with Crippen LogP contribution in [0.1, 0.15) is 29.2 Å². The summed E-state index contributed by atoms with van der Waals surface area (Å²) in [7, 11) is 0. The van der Waals surface area contributed by atoms with Crippen LogP contribution in [-0.4, -0.2) is 30.5 Å². The highest BCUT2D eigenvalue weighted by molar-refractivity contribution is 6.39. The average Bonchev–Trinajstić information content (AvgIpc) is 2.83. The lowest BCUT2D eigenvalue weighted by atomic mass is 10.1. The van der Waals surface area contributed by atoms with Crippen LogP contribution in [0, 0.1) is 13.8 Å². The second-order valence-corrected chi connectivity index (χ2v) is 7.95. The number of para-hydroxylation sites is 1. The van der Waals surface area contributed by atoms with E-state index in [0.717, 1.165) is 28.8 Å². The molecule has 8 nitrogen and oxygen atoms in total. The summed E-state index contributed by atoms with van der Waals surface area (Å²) >= 11 is 0. The first-order valence-corrected chi connectivity index (χ1v) is 11.2. The van der Waals surface area contributed by atoms with Crippen LogP contribution in [0.2, 0.25) is 0 Å². The smallest absolute Gasteiger partial charge is 0.329 e. The first-order valence-electron chi connectivity index (χ1n) is 11.2. The minimum atomic E-state index is -0.873.